The summed E-state index contributed by atoms with van der Waals surface area (Å²) in [6.45, 7) is 7.56. The van der Waals surface area contributed by atoms with E-state index in [1.54, 1.807) is 6.92 Å². The number of esters is 1. The maximum atomic E-state index is 11.1. The average molecular weight is 265 g/mol. The van der Waals surface area contributed by atoms with Crippen molar-refractivity contribution in [1.82, 2.24) is 4.90 Å². The van der Waals surface area contributed by atoms with Gasteiger partial charge < -0.3 is 9.47 Å². The van der Waals surface area contributed by atoms with Gasteiger partial charge in [-0.25, -0.2) is 4.79 Å². The molecule has 0 amide bonds. The molecule has 4 heteroatoms. The van der Waals surface area contributed by atoms with Crippen molar-refractivity contribution in [3.05, 3.63) is 35.9 Å². The SMILES string of the molecule is CCOC(=O)COCCN(CC)Cc1ccccc1. The number of ether oxygens (including phenoxy) is 2. The topological polar surface area (TPSA) is 38.8 Å². The first-order chi connectivity index (χ1) is 9.26. The van der Waals surface area contributed by atoms with Crippen molar-refractivity contribution in [2.45, 2.75) is 20.4 Å². The molecule has 0 spiro atoms. The van der Waals surface area contributed by atoms with Gasteiger partial charge in [0.25, 0.3) is 0 Å². The second kappa shape index (κ2) is 9.53. The van der Waals surface area contributed by atoms with Gasteiger partial charge in [0.2, 0.25) is 0 Å². The third-order valence-corrected chi connectivity index (χ3v) is 2.77. The van der Waals surface area contributed by atoms with Crippen molar-refractivity contribution >= 4 is 5.97 Å². The van der Waals surface area contributed by atoms with E-state index < -0.39 is 0 Å². The summed E-state index contributed by atoms with van der Waals surface area (Å²) in [4.78, 5) is 13.4. The lowest BCUT2D eigenvalue weighted by Crippen LogP contribution is -2.28. The van der Waals surface area contributed by atoms with Gasteiger partial charge in [-0.2, -0.15) is 0 Å². The number of nitrogens with zero attached hydrogens (tertiary/aromatic N) is 1. The predicted molar refractivity (Wildman–Crippen MR) is 74.8 cm³/mol. The van der Waals surface area contributed by atoms with Crippen LogP contribution in [0.15, 0.2) is 30.3 Å². The second-order valence-corrected chi connectivity index (χ2v) is 4.21. The Morgan fingerprint density at radius 3 is 2.58 bits per heavy atom. The molecule has 0 N–H and O–H groups in total. The van der Waals surface area contributed by atoms with Crippen molar-refractivity contribution in [2.24, 2.45) is 0 Å². The van der Waals surface area contributed by atoms with Crippen molar-refractivity contribution in [3.63, 3.8) is 0 Å². The van der Waals surface area contributed by atoms with Crippen LogP contribution in [0.1, 0.15) is 19.4 Å². The monoisotopic (exact) mass is 265 g/mol. The minimum Gasteiger partial charge on any atom is -0.464 e. The molecule has 0 aliphatic heterocycles. The van der Waals surface area contributed by atoms with Gasteiger partial charge in [-0.15, -0.1) is 0 Å². The van der Waals surface area contributed by atoms with Crippen LogP contribution in [-0.4, -0.2) is 43.8 Å². The van der Waals surface area contributed by atoms with Gasteiger partial charge in [0.15, 0.2) is 0 Å². The second-order valence-electron chi connectivity index (χ2n) is 4.21. The highest BCUT2D eigenvalue weighted by molar-refractivity contribution is 5.70. The molecule has 4 nitrogen and oxygen atoms in total. The van der Waals surface area contributed by atoms with Crippen molar-refractivity contribution in [1.29, 1.82) is 0 Å². The summed E-state index contributed by atoms with van der Waals surface area (Å²) >= 11 is 0. The van der Waals surface area contributed by atoms with Crippen LogP contribution in [0.25, 0.3) is 0 Å². The van der Waals surface area contributed by atoms with Gasteiger partial charge in [-0.3, -0.25) is 4.90 Å². The lowest BCUT2D eigenvalue weighted by molar-refractivity contribution is -0.148. The number of carbonyl (C=O) groups excluding carboxylic acids is 1. The molecule has 0 atom stereocenters. The highest BCUT2D eigenvalue weighted by Gasteiger charge is 2.05. The summed E-state index contributed by atoms with van der Waals surface area (Å²) in [6.07, 6.45) is 0. The molecule has 0 fully saturated rings. The van der Waals surface area contributed by atoms with Gasteiger partial charge in [-0.1, -0.05) is 37.3 Å². The van der Waals surface area contributed by atoms with Crippen LogP contribution in [-0.2, 0) is 20.8 Å². The van der Waals surface area contributed by atoms with E-state index in [0.29, 0.717) is 13.2 Å². The Labute approximate surface area is 115 Å². The minimum absolute atomic E-state index is 0.0384. The van der Waals surface area contributed by atoms with Gasteiger partial charge in [-0.05, 0) is 19.0 Å². The first-order valence-corrected chi connectivity index (χ1v) is 6.75. The smallest absolute Gasteiger partial charge is 0.332 e. The Morgan fingerprint density at radius 2 is 1.95 bits per heavy atom. The van der Waals surface area contributed by atoms with E-state index in [1.165, 1.54) is 5.56 Å². The van der Waals surface area contributed by atoms with Gasteiger partial charge in [0.05, 0.1) is 13.2 Å². The Hall–Kier alpha value is -1.39. The molecule has 0 aliphatic rings. The molecule has 1 aromatic carbocycles. The largest absolute Gasteiger partial charge is 0.464 e. The van der Waals surface area contributed by atoms with Gasteiger partial charge in [0, 0.05) is 13.1 Å². The van der Waals surface area contributed by atoms with Crippen LogP contribution in [0, 0.1) is 0 Å². The molecular weight excluding hydrogens is 242 g/mol. The normalized spacial score (nSPS) is 10.7. The van der Waals surface area contributed by atoms with E-state index in [2.05, 4.69) is 24.0 Å². The fourth-order valence-corrected chi connectivity index (χ4v) is 1.74. The summed E-state index contributed by atoms with van der Waals surface area (Å²) in [5, 5.41) is 0. The number of carbonyl (C=O) groups is 1. The number of hydrogen-bond acceptors (Lipinski definition) is 4. The van der Waals surface area contributed by atoms with Crippen molar-refractivity contribution in [2.75, 3.05) is 32.9 Å². The third kappa shape index (κ3) is 6.94. The van der Waals surface area contributed by atoms with Crippen LogP contribution >= 0.6 is 0 Å². The maximum absolute atomic E-state index is 11.1. The van der Waals surface area contributed by atoms with E-state index in [-0.39, 0.29) is 12.6 Å². The molecule has 19 heavy (non-hydrogen) atoms. The van der Waals surface area contributed by atoms with E-state index in [9.17, 15) is 4.79 Å². The summed E-state index contributed by atoms with van der Waals surface area (Å²) in [5.41, 5.74) is 1.29. The predicted octanol–water partition coefficient (Wildman–Crippen LogP) is 2.09. The Kier molecular flexibility index (Phi) is 7.86. The molecular formula is C15H23NO3. The first-order valence-electron chi connectivity index (χ1n) is 6.75. The molecule has 0 saturated heterocycles. The number of hydrogen-bond donors (Lipinski definition) is 0. The number of rotatable bonds is 9. The van der Waals surface area contributed by atoms with E-state index in [1.807, 2.05) is 18.2 Å². The zero-order valence-electron chi connectivity index (χ0n) is 11.8. The van der Waals surface area contributed by atoms with Crippen LogP contribution in [0.5, 0.6) is 0 Å². The highest BCUT2D eigenvalue weighted by Crippen LogP contribution is 2.03. The first kappa shape index (κ1) is 15.7. The molecule has 1 aromatic rings. The van der Waals surface area contributed by atoms with E-state index in [4.69, 9.17) is 9.47 Å². The lowest BCUT2D eigenvalue weighted by Gasteiger charge is -2.20. The Bertz CT molecular complexity index is 354. The molecule has 0 unspecified atom stereocenters. The maximum Gasteiger partial charge on any atom is 0.332 e. The Balaban J connectivity index is 2.20. The van der Waals surface area contributed by atoms with Crippen LogP contribution in [0.3, 0.4) is 0 Å². The Morgan fingerprint density at radius 1 is 1.21 bits per heavy atom. The fourth-order valence-electron chi connectivity index (χ4n) is 1.74. The third-order valence-electron chi connectivity index (χ3n) is 2.77. The standard InChI is InChI=1S/C15H23NO3/c1-3-16(12-14-8-6-5-7-9-14)10-11-18-13-15(17)19-4-2/h5-9H,3-4,10-13H2,1-2H3. The number of likely N-dealkylation sites (N-methyl/N-ethyl adjacent to an activating group) is 1. The summed E-state index contributed by atoms with van der Waals surface area (Å²) in [5.74, 6) is -0.298. The zero-order valence-corrected chi connectivity index (χ0v) is 11.8. The van der Waals surface area contributed by atoms with Crippen LogP contribution in [0.4, 0.5) is 0 Å². The quantitative estimate of drug-likeness (QED) is 0.506. The summed E-state index contributed by atoms with van der Waals surface area (Å²) < 4.78 is 10.1. The van der Waals surface area contributed by atoms with Crippen LogP contribution < -0.4 is 0 Å². The van der Waals surface area contributed by atoms with Crippen molar-refractivity contribution < 1.29 is 14.3 Å². The summed E-state index contributed by atoms with van der Waals surface area (Å²) in [6, 6.07) is 10.3. The highest BCUT2D eigenvalue weighted by atomic mass is 16.6. The zero-order chi connectivity index (χ0) is 13.9. The van der Waals surface area contributed by atoms with Gasteiger partial charge >= 0.3 is 5.97 Å². The molecule has 0 saturated carbocycles. The number of benzene rings is 1. The minimum atomic E-state index is -0.298. The molecule has 0 aliphatic carbocycles. The molecule has 0 heterocycles. The van der Waals surface area contributed by atoms with Gasteiger partial charge in [0.1, 0.15) is 6.61 Å². The molecule has 0 radical (unpaired) electrons. The molecule has 0 bridgehead atoms. The fraction of sp³-hybridized carbons (Fsp3) is 0.533. The van der Waals surface area contributed by atoms with Crippen LogP contribution in [0.2, 0.25) is 0 Å². The van der Waals surface area contributed by atoms with Crippen molar-refractivity contribution in [3.8, 4) is 0 Å². The van der Waals surface area contributed by atoms with E-state index in [0.717, 1.165) is 19.6 Å². The molecule has 0 aromatic heterocycles. The molecule has 106 valence electrons. The lowest BCUT2D eigenvalue weighted by atomic mass is 10.2. The van der Waals surface area contributed by atoms with E-state index >= 15 is 0 Å². The average Bonchev–Trinajstić information content (AvgIpc) is 2.43. The molecule has 1 rings (SSSR count). The summed E-state index contributed by atoms with van der Waals surface area (Å²) in [7, 11) is 0.